The number of nitrogens with zero attached hydrogens (tertiary/aromatic N) is 1. The Morgan fingerprint density at radius 3 is 2.87 bits per heavy atom. The van der Waals surface area contributed by atoms with Crippen LogP contribution in [0.2, 0.25) is 0 Å². The number of ether oxygens (including phenoxy) is 1. The number of phenols is 1. The molecule has 1 aromatic rings. The van der Waals surface area contributed by atoms with Gasteiger partial charge in [0.25, 0.3) is 0 Å². The van der Waals surface area contributed by atoms with Crippen LogP contribution in [0.3, 0.4) is 0 Å². The van der Waals surface area contributed by atoms with Crippen molar-refractivity contribution < 1.29 is 14.9 Å². The van der Waals surface area contributed by atoms with Gasteiger partial charge in [-0.25, -0.2) is 0 Å². The van der Waals surface area contributed by atoms with E-state index in [1.165, 1.54) is 13.3 Å². The third-order valence-electron chi connectivity index (χ3n) is 1.98. The van der Waals surface area contributed by atoms with Gasteiger partial charge in [0.1, 0.15) is 0 Å². The molecule has 0 saturated carbocycles. The van der Waals surface area contributed by atoms with E-state index in [1.807, 2.05) is 0 Å². The molecule has 0 bridgehead atoms. The molecule has 1 atom stereocenters. The third-order valence-corrected chi connectivity index (χ3v) is 1.98. The zero-order valence-electron chi connectivity index (χ0n) is 8.84. The van der Waals surface area contributed by atoms with Crippen molar-refractivity contribution in [3.05, 3.63) is 23.8 Å². The average molecular weight is 209 g/mol. The molecule has 0 heterocycles. The molecule has 0 radical (unpaired) electrons. The molecule has 0 fully saturated rings. The minimum atomic E-state index is -0.171. The fraction of sp³-hybridized carbons (Fsp3) is 0.364. The number of aliphatic hydroxyl groups excluding tert-OH is 1. The fourth-order valence-electron chi connectivity index (χ4n) is 1.06. The van der Waals surface area contributed by atoms with Crippen LogP contribution in [-0.2, 0) is 0 Å². The maximum atomic E-state index is 9.70. The van der Waals surface area contributed by atoms with E-state index in [0.717, 1.165) is 0 Å². The van der Waals surface area contributed by atoms with Crippen LogP contribution in [0.15, 0.2) is 23.2 Å². The lowest BCUT2D eigenvalue weighted by molar-refractivity contribution is 0.275. The number of methoxy groups -OCH3 is 1. The van der Waals surface area contributed by atoms with Gasteiger partial charge >= 0.3 is 0 Å². The van der Waals surface area contributed by atoms with Crippen molar-refractivity contribution in [1.82, 2.24) is 0 Å². The first kappa shape index (κ1) is 11.5. The van der Waals surface area contributed by atoms with E-state index >= 15 is 0 Å². The summed E-state index contributed by atoms with van der Waals surface area (Å²) >= 11 is 0. The highest BCUT2D eigenvalue weighted by Crippen LogP contribution is 2.27. The topological polar surface area (TPSA) is 62.0 Å². The molecule has 1 rings (SSSR count). The predicted octanol–water partition coefficient (Wildman–Crippen LogP) is 1.20. The number of aromatic hydroxyl groups is 1. The highest BCUT2D eigenvalue weighted by Gasteiger charge is 2.04. The van der Waals surface area contributed by atoms with E-state index < -0.39 is 0 Å². The molecular formula is C11H15NO3. The summed E-state index contributed by atoms with van der Waals surface area (Å²) in [7, 11) is 1.49. The van der Waals surface area contributed by atoms with Gasteiger partial charge < -0.3 is 14.9 Å². The number of para-hydroxylation sites is 1. The standard InChI is InChI=1S/C11H15NO3/c1-8(7-13)12-6-9-4-3-5-10(15-2)11(9)14/h3-6,8,13-14H,7H2,1-2H3/t8-/m1/s1. The Morgan fingerprint density at radius 1 is 1.53 bits per heavy atom. The Hall–Kier alpha value is -1.55. The molecule has 4 nitrogen and oxygen atoms in total. The van der Waals surface area contributed by atoms with Crippen LogP contribution >= 0.6 is 0 Å². The molecule has 0 spiro atoms. The molecule has 0 saturated heterocycles. The summed E-state index contributed by atoms with van der Waals surface area (Å²) in [6, 6.07) is 4.99. The highest BCUT2D eigenvalue weighted by molar-refractivity contribution is 5.84. The van der Waals surface area contributed by atoms with Crippen molar-refractivity contribution in [2.24, 2.45) is 4.99 Å². The first-order chi connectivity index (χ1) is 7.19. The second-order valence-electron chi connectivity index (χ2n) is 3.21. The number of phenolic OH excluding ortho intramolecular Hbond substituents is 1. The van der Waals surface area contributed by atoms with Crippen LogP contribution in [0.25, 0.3) is 0 Å². The predicted molar refractivity (Wildman–Crippen MR) is 58.8 cm³/mol. The minimum absolute atomic E-state index is 0.0127. The summed E-state index contributed by atoms with van der Waals surface area (Å²) in [5.41, 5.74) is 0.578. The van der Waals surface area contributed by atoms with Gasteiger partial charge in [0.05, 0.1) is 19.8 Å². The molecule has 0 aliphatic rings. The number of rotatable bonds is 4. The van der Waals surface area contributed by atoms with E-state index in [1.54, 1.807) is 25.1 Å². The number of hydrogen-bond donors (Lipinski definition) is 2. The van der Waals surface area contributed by atoms with Gasteiger partial charge in [0, 0.05) is 11.8 Å². The first-order valence-corrected chi connectivity index (χ1v) is 4.69. The van der Waals surface area contributed by atoms with Gasteiger partial charge in [0.2, 0.25) is 0 Å². The van der Waals surface area contributed by atoms with Crippen LogP contribution in [0.1, 0.15) is 12.5 Å². The normalized spacial score (nSPS) is 13.0. The Bertz CT molecular complexity index is 350. The molecule has 2 N–H and O–H groups in total. The maximum absolute atomic E-state index is 9.70. The molecule has 0 aliphatic carbocycles. The van der Waals surface area contributed by atoms with E-state index in [2.05, 4.69) is 4.99 Å². The quantitative estimate of drug-likeness (QED) is 0.732. The molecule has 0 aliphatic heterocycles. The lowest BCUT2D eigenvalue weighted by Crippen LogP contribution is -2.04. The molecule has 0 unspecified atom stereocenters. The van der Waals surface area contributed by atoms with Crippen molar-refractivity contribution in [2.75, 3.05) is 13.7 Å². The van der Waals surface area contributed by atoms with Crippen LogP contribution in [0, 0.1) is 0 Å². The van der Waals surface area contributed by atoms with Gasteiger partial charge in [-0.3, -0.25) is 4.99 Å². The molecule has 0 aromatic heterocycles. The van der Waals surface area contributed by atoms with E-state index in [0.29, 0.717) is 11.3 Å². The van der Waals surface area contributed by atoms with Gasteiger partial charge in [-0.2, -0.15) is 0 Å². The minimum Gasteiger partial charge on any atom is -0.504 e. The zero-order valence-corrected chi connectivity index (χ0v) is 8.84. The second-order valence-corrected chi connectivity index (χ2v) is 3.21. The summed E-state index contributed by atoms with van der Waals surface area (Å²) in [5.74, 6) is 0.476. The Balaban J connectivity index is 2.90. The molecule has 15 heavy (non-hydrogen) atoms. The van der Waals surface area contributed by atoms with E-state index in [4.69, 9.17) is 9.84 Å². The second kappa shape index (κ2) is 5.36. The van der Waals surface area contributed by atoms with Crippen molar-refractivity contribution in [2.45, 2.75) is 13.0 Å². The Morgan fingerprint density at radius 2 is 2.27 bits per heavy atom. The molecule has 0 amide bonds. The first-order valence-electron chi connectivity index (χ1n) is 4.69. The molecule has 82 valence electrons. The van der Waals surface area contributed by atoms with Gasteiger partial charge in [-0.05, 0) is 19.1 Å². The van der Waals surface area contributed by atoms with Crippen molar-refractivity contribution in [1.29, 1.82) is 0 Å². The average Bonchev–Trinajstić information content (AvgIpc) is 2.27. The van der Waals surface area contributed by atoms with Gasteiger partial charge in [0.15, 0.2) is 11.5 Å². The molecule has 4 heteroatoms. The van der Waals surface area contributed by atoms with Crippen LogP contribution in [0.5, 0.6) is 11.5 Å². The Labute approximate surface area is 88.9 Å². The van der Waals surface area contributed by atoms with Crippen molar-refractivity contribution in [3.8, 4) is 11.5 Å². The van der Waals surface area contributed by atoms with Crippen LogP contribution in [-0.4, -0.2) is 36.2 Å². The summed E-state index contributed by atoms with van der Waals surface area (Å²) in [6.07, 6.45) is 1.53. The largest absolute Gasteiger partial charge is 0.504 e. The summed E-state index contributed by atoms with van der Waals surface area (Å²) in [5, 5.41) is 18.5. The monoisotopic (exact) mass is 209 g/mol. The lowest BCUT2D eigenvalue weighted by Gasteiger charge is -2.05. The van der Waals surface area contributed by atoms with Crippen molar-refractivity contribution >= 4 is 6.21 Å². The lowest BCUT2D eigenvalue weighted by atomic mass is 10.2. The van der Waals surface area contributed by atoms with E-state index in [9.17, 15) is 5.11 Å². The zero-order chi connectivity index (χ0) is 11.3. The SMILES string of the molecule is COc1cccc(C=N[C@H](C)CO)c1O. The summed E-state index contributed by atoms with van der Waals surface area (Å²) < 4.78 is 4.96. The fourth-order valence-corrected chi connectivity index (χ4v) is 1.06. The number of hydrogen-bond acceptors (Lipinski definition) is 4. The van der Waals surface area contributed by atoms with Gasteiger partial charge in [-0.15, -0.1) is 0 Å². The summed E-state index contributed by atoms with van der Waals surface area (Å²) in [6.45, 7) is 1.77. The van der Waals surface area contributed by atoms with Gasteiger partial charge in [-0.1, -0.05) is 6.07 Å². The Kier molecular flexibility index (Phi) is 4.12. The number of aliphatic hydroxyl groups is 1. The molecular weight excluding hydrogens is 194 g/mol. The van der Waals surface area contributed by atoms with Crippen LogP contribution < -0.4 is 4.74 Å². The molecule has 1 aromatic carbocycles. The smallest absolute Gasteiger partial charge is 0.166 e. The van der Waals surface area contributed by atoms with Crippen molar-refractivity contribution in [3.63, 3.8) is 0 Å². The maximum Gasteiger partial charge on any atom is 0.166 e. The third kappa shape index (κ3) is 2.95. The number of benzene rings is 1. The highest BCUT2D eigenvalue weighted by atomic mass is 16.5. The van der Waals surface area contributed by atoms with Crippen LogP contribution in [0.4, 0.5) is 0 Å². The number of aliphatic imine (C=N–C) groups is 1. The van der Waals surface area contributed by atoms with E-state index in [-0.39, 0.29) is 18.4 Å². The summed E-state index contributed by atoms with van der Waals surface area (Å²) in [4.78, 5) is 4.06.